The summed E-state index contributed by atoms with van der Waals surface area (Å²) in [4.78, 5) is 4.53. The molecule has 3 aromatic rings. The summed E-state index contributed by atoms with van der Waals surface area (Å²) in [5, 5.41) is 11.0. The summed E-state index contributed by atoms with van der Waals surface area (Å²) in [5.41, 5.74) is 2.57. The molecule has 0 aliphatic carbocycles. The minimum atomic E-state index is 0.239. The van der Waals surface area contributed by atoms with Crippen LogP contribution in [0.4, 0.5) is 0 Å². The highest BCUT2D eigenvalue weighted by Gasteiger charge is 2.04. The average molecular weight is 300 g/mol. The van der Waals surface area contributed by atoms with Gasteiger partial charge in [-0.15, -0.1) is 0 Å². The molecule has 21 heavy (non-hydrogen) atoms. The summed E-state index contributed by atoms with van der Waals surface area (Å²) in [6.07, 6.45) is 0. The Kier molecular flexibility index (Phi) is 4.04. The van der Waals surface area contributed by atoms with Crippen molar-refractivity contribution in [3.05, 3.63) is 70.9 Å². The number of hydrogen-bond acceptors (Lipinski definition) is 3. The van der Waals surface area contributed by atoms with E-state index >= 15 is 0 Å². The molecule has 0 aliphatic rings. The minimum absolute atomic E-state index is 0.239. The molecule has 0 atom stereocenters. The Hall–Kier alpha value is -2.10. The van der Waals surface area contributed by atoms with Crippen molar-refractivity contribution in [3.8, 4) is 5.75 Å². The first-order valence-electron chi connectivity index (χ1n) is 6.62. The van der Waals surface area contributed by atoms with Crippen LogP contribution < -0.4 is 0 Å². The molecule has 0 saturated carbocycles. The fraction of sp³-hybridized carbons (Fsp3) is 0.118. The minimum Gasteiger partial charge on any atom is -0.508 e. The molecule has 1 N–H and O–H groups in total. The van der Waals surface area contributed by atoms with Crippen LogP contribution >= 0.6 is 11.6 Å². The van der Waals surface area contributed by atoms with Crippen LogP contribution in [-0.2, 0) is 18.0 Å². The number of pyridine rings is 1. The van der Waals surface area contributed by atoms with Crippen LogP contribution in [0, 0.1) is 0 Å². The number of ether oxygens (including phenoxy) is 1. The number of para-hydroxylation sites is 1. The molecular formula is C17H14ClNO2. The molecule has 0 saturated heterocycles. The Labute approximate surface area is 127 Å². The number of fused-ring (bicyclic) bond motifs is 1. The molecule has 4 heteroatoms. The van der Waals surface area contributed by atoms with E-state index in [1.807, 2.05) is 36.4 Å². The number of phenols is 1. The van der Waals surface area contributed by atoms with Crippen molar-refractivity contribution < 1.29 is 9.84 Å². The first kappa shape index (κ1) is 13.9. The molecule has 3 nitrogen and oxygen atoms in total. The van der Waals surface area contributed by atoms with Gasteiger partial charge in [0.25, 0.3) is 0 Å². The van der Waals surface area contributed by atoms with Crippen molar-refractivity contribution in [3.63, 3.8) is 0 Å². The summed E-state index contributed by atoms with van der Waals surface area (Å²) in [5.74, 6) is 0.239. The molecule has 0 fully saturated rings. The number of aromatic nitrogens is 1. The van der Waals surface area contributed by atoms with E-state index in [4.69, 9.17) is 16.3 Å². The predicted molar refractivity (Wildman–Crippen MR) is 83.4 cm³/mol. The SMILES string of the molecule is Oc1cccc(COCc2cc(Cl)c3ccccc3n2)c1. The number of hydrogen-bond donors (Lipinski definition) is 1. The van der Waals surface area contributed by atoms with E-state index in [-0.39, 0.29) is 5.75 Å². The summed E-state index contributed by atoms with van der Waals surface area (Å²) >= 11 is 6.25. The molecule has 0 spiro atoms. The molecular weight excluding hydrogens is 286 g/mol. The number of phenolic OH excluding ortho intramolecular Hbond substituents is 1. The van der Waals surface area contributed by atoms with Crippen LogP contribution in [0.15, 0.2) is 54.6 Å². The van der Waals surface area contributed by atoms with Crippen molar-refractivity contribution in [2.24, 2.45) is 0 Å². The van der Waals surface area contributed by atoms with Gasteiger partial charge in [-0.25, -0.2) is 0 Å². The van der Waals surface area contributed by atoms with Gasteiger partial charge in [0.05, 0.1) is 29.4 Å². The Bertz CT molecular complexity index is 774. The second-order valence-corrected chi connectivity index (χ2v) is 5.18. The maximum Gasteiger partial charge on any atom is 0.115 e. The van der Waals surface area contributed by atoms with E-state index in [9.17, 15) is 5.11 Å². The quantitative estimate of drug-likeness (QED) is 0.780. The molecule has 2 aromatic carbocycles. The first-order valence-corrected chi connectivity index (χ1v) is 7.00. The molecule has 0 aliphatic heterocycles. The summed E-state index contributed by atoms with van der Waals surface area (Å²) in [7, 11) is 0. The van der Waals surface area contributed by atoms with Gasteiger partial charge in [-0.3, -0.25) is 4.98 Å². The Morgan fingerprint density at radius 2 is 1.86 bits per heavy atom. The predicted octanol–water partition coefficient (Wildman–Crippen LogP) is 4.31. The highest BCUT2D eigenvalue weighted by molar-refractivity contribution is 6.35. The highest BCUT2D eigenvalue weighted by Crippen LogP contribution is 2.23. The Morgan fingerprint density at radius 3 is 2.71 bits per heavy atom. The zero-order valence-corrected chi connectivity index (χ0v) is 12.0. The normalized spacial score (nSPS) is 10.9. The second-order valence-electron chi connectivity index (χ2n) is 4.78. The summed E-state index contributed by atoms with van der Waals surface area (Å²) in [6, 6.07) is 16.6. The molecule has 0 bridgehead atoms. The number of aromatic hydroxyl groups is 1. The van der Waals surface area contributed by atoms with E-state index in [0.717, 1.165) is 22.2 Å². The van der Waals surface area contributed by atoms with Crippen molar-refractivity contribution in [1.82, 2.24) is 4.98 Å². The maximum absolute atomic E-state index is 9.40. The largest absolute Gasteiger partial charge is 0.508 e. The van der Waals surface area contributed by atoms with Crippen molar-refractivity contribution in [2.45, 2.75) is 13.2 Å². The van der Waals surface area contributed by atoms with Gasteiger partial charge in [-0.05, 0) is 29.8 Å². The van der Waals surface area contributed by atoms with E-state index in [0.29, 0.717) is 18.2 Å². The van der Waals surface area contributed by atoms with Crippen LogP contribution in [0.25, 0.3) is 10.9 Å². The highest BCUT2D eigenvalue weighted by atomic mass is 35.5. The van der Waals surface area contributed by atoms with E-state index in [1.165, 1.54) is 0 Å². The van der Waals surface area contributed by atoms with Gasteiger partial charge in [0, 0.05) is 5.39 Å². The van der Waals surface area contributed by atoms with E-state index in [1.54, 1.807) is 18.2 Å². The zero-order chi connectivity index (χ0) is 14.7. The number of benzene rings is 2. The van der Waals surface area contributed by atoms with Crippen LogP contribution in [0.2, 0.25) is 5.02 Å². The lowest BCUT2D eigenvalue weighted by Crippen LogP contribution is -1.97. The lowest BCUT2D eigenvalue weighted by molar-refractivity contribution is 0.104. The molecule has 0 radical (unpaired) electrons. The van der Waals surface area contributed by atoms with E-state index in [2.05, 4.69) is 4.98 Å². The van der Waals surface area contributed by atoms with Crippen molar-refractivity contribution in [1.29, 1.82) is 0 Å². The van der Waals surface area contributed by atoms with Gasteiger partial charge in [-0.2, -0.15) is 0 Å². The molecule has 1 heterocycles. The van der Waals surface area contributed by atoms with Gasteiger partial charge >= 0.3 is 0 Å². The summed E-state index contributed by atoms with van der Waals surface area (Å²) < 4.78 is 5.63. The van der Waals surface area contributed by atoms with Crippen LogP contribution in [0.5, 0.6) is 5.75 Å². The number of nitrogens with zero attached hydrogens (tertiary/aromatic N) is 1. The zero-order valence-electron chi connectivity index (χ0n) is 11.3. The van der Waals surface area contributed by atoms with E-state index < -0.39 is 0 Å². The number of rotatable bonds is 4. The molecule has 0 unspecified atom stereocenters. The van der Waals surface area contributed by atoms with Gasteiger partial charge in [-0.1, -0.05) is 41.9 Å². The van der Waals surface area contributed by atoms with Gasteiger partial charge in [0.1, 0.15) is 5.75 Å². The lowest BCUT2D eigenvalue weighted by Gasteiger charge is -2.07. The van der Waals surface area contributed by atoms with Crippen molar-refractivity contribution in [2.75, 3.05) is 0 Å². The van der Waals surface area contributed by atoms with Crippen LogP contribution in [-0.4, -0.2) is 10.1 Å². The fourth-order valence-corrected chi connectivity index (χ4v) is 2.46. The Balaban J connectivity index is 1.71. The third-order valence-corrected chi connectivity index (χ3v) is 3.46. The van der Waals surface area contributed by atoms with Crippen LogP contribution in [0.1, 0.15) is 11.3 Å². The monoisotopic (exact) mass is 299 g/mol. The fourth-order valence-electron chi connectivity index (χ4n) is 2.18. The summed E-state index contributed by atoms with van der Waals surface area (Å²) in [6.45, 7) is 0.792. The first-order chi connectivity index (χ1) is 10.2. The smallest absolute Gasteiger partial charge is 0.115 e. The van der Waals surface area contributed by atoms with Crippen molar-refractivity contribution >= 4 is 22.5 Å². The molecule has 1 aromatic heterocycles. The average Bonchev–Trinajstić information content (AvgIpc) is 2.47. The topological polar surface area (TPSA) is 42.4 Å². The van der Waals surface area contributed by atoms with Crippen LogP contribution in [0.3, 0.4) is 0 Å². The molecule has 3 rings (SSSR count). The third kappa shape index (κ3) is 3.32. The standard InChI is InChI=1S/C17H14ClNO2/c18-16-9-13(19-17-7-2-1-6-15(16)17)11-21-10-12-4-3-5-14(20)8-12/h1-9,20H,10-11H2. The molecule has 106 valence electrons. The lowest BCUT2D eigenvalue weighted by atomic mass is 10.2. The number of halogens is 1. The molecule has 0 amide bonds. The van der Waals surface area contributed by atoms with Gasteiger partial charge in [0.15, 0.2) is 0 Å². The van der Waals surface area contributed by atoms with Gasteiger partial charge in [0.2, 0.25) is 0 Å². The second kappa shape index (κ2) is 6.12. The van der Waals surface area contributed by atoms with Gasteiger partial charge < -0.3 is 9.84 Å². The maximum atomic E-state index is 9.40. The third-order valence-electron chi connectivity index (χ3n) is 3.15. The Morgan fingerprint density at radius 1 is 1.00 bits per heavy atom.